The minimum atomic E-state index is -0.617. The number of benzene rings is 2. The van der Waals surface area contributed by atoms with E-state index in [0.29, 0.717) is 49.7 Å². The van der Waals surface area contributed by atoms with Crippen molar-refractivity contribution in [2.24, 2.45) is 5.92 Å². The van der Waals surface area contributed by atoms with Gasteiger partial charge in [-0.1, -0.05) is 23.7 Å². The molecule has 43 heavy (non-hydrogen) atoms. The molecule has 0 saturated carbocycles. The summed E-state index contributed by atoms with van der Waals surface area (Å²) >= 11 is 6.61. The van der Waals surface area contributed by atoms with Crippen LogP contribution in [0.15, 0.2) is 30.3 Å². The highest BCUT2D eigenvalue weighted by atomic mass is 35.5. The Labute approximate surface area is 261 Å². The fourth-order valence-corrected chi connectivity index (χ4v) is 7.07. The topological polar surface area (TPSA) is 47.1 Å². The molecule has 0 N–H and O–H groups in total. The number of carbonyl (C=O) groups excluding carboxylic acids is 2. The molecule has 9 heteroatoms. The van der Waals surface area contributed by atoms with Gasteiger partial charge < -0.3 is 14.7 Å². The summed E-state index contributed by atoms with van der Waals surface area (Å²) in [4.78, 5) is 34.9. The van der Waals surface area contributed by atoms with Gasteiger partial charge in [-0.3, -0.25) is 14.5 Å². The van der Waals surface area contributed by atoms with E-state index in [2.05, 4.69) is 36.6 Å². The van der Waals surface area contributed by atoms with Crippen LogP contribution in [-0.2, 0) is 9.59 Å². The van der Waals surface area contributed by atoms with Gasteiger partial charge in [0.25, 0.3) is 0 Å². The molecular weight excluding hydrogens is 570 g/mol. The first-order chi connectivity index (χ1) is 20.1. The molecule has 2 aromatic carbocycles. The molecule has 2 aromatic rings. The van der Waals surface area contributed by atoms with Gasteiger partial charge in [-0.15, -0.1) is 0 Å². The Hall–Kier alpha value is -2.71. The summed E-state index contributed by atoms with van der Waals surface area (Å²) in [6.07, 6.45) is 0.614. The van der Waals surface area contributed by atoms with Crippen LogP contribution in [0.25, 0.3) is 0 Å². The molecule has 1 unspecified atom stereocenters. The van der Waals surface area contributed by atoms with Gasteiger partial charge in [-0.05, 0) is 90.3 Å². The standard InChI is InChI=1S/C34H47ClF2N4O2/c1-21(2)41(24(5)42)23(4)28-17-22(3)30(35)19-32(28)38-13-15-39(16-14-38)33(43)27-11-12-40(34(6,7)8)20-29(27)26-10-9-25(36)18-31(26)37/h9-10,17-19,21,23,27,29H,11-16,20H2,1-8H3/t23-,27?,29-/m0/s1. The van der Waals surface area contributed by atoms with Crippen molar-refractivity contribution in [2.75, 3.05) is 44.2 Å². The third-order valence-corrected chi connectivity index (χ3v) is 9.68. The zero-order valence-corrected chi connectivity index (χ0v) is 27.6. The fourth-order valence-electron chi connectivity index (χ4n) is 6.91. The van der Waals surface area contributed by atoms with Crippen LogP contribution in [0.4, 0.5) is 14.5 Å². The van der Waals surface area contributed by atoms with Crippen molar-refractivity contribution in [3.63, 3.8) is 0 Å². The SMILES string of the molecule is CC(=O)N(C(C)C)[C@@H](C)c1cc(C)c(Cl)cc1N1CCN(C(=O)C2CCN(C(C)(C)C)C[C@H]2c2ccc(F)cc2F)CC1. The minimum absolute atomic E-state index is 0.0149. The van der Waals surface area contributed by atoms with Crippen LogP contribution >= 0.6 is 11.6 Å². The van der Waals surface area contributed by atoms with Crippen LogP contribution in [0.5, 0.6) is 0 Å². The number of aryl methyl sites for hydroxylation is 1. The van der Waals surface area contributed by atoms with Crippen molar-refractivity contribution < 1.29 is 18.4 Å². The molecule has 6 nitrogen and oxygen atoms in total. The Morgan fingerprint density at radius 1 is 1.00 bits per heavy atom. The highest BCUT2D eigenvalue weighted by Crippen LogP contribution is 2.39. The van der Waals surface area contributed by atoms with E-state index in [0.717, 1.165) is 29.4 Å². The number of amides is 2. The van der Waals surface area contributed by atoms with Gasteiger partial charge in [0.05, 0.1) is 6.04 Å². The lowest BCUT2D eigenvalue weighted by Crippen LogP contribution is -2.55. The van der Waals surface area contributed by atoms with Crippen LogP contribution < -0.4 is 4.90 Å². The van der Waals surface area contributed by atoms with E-state index in [1.807, 2.05) is 43.6 Å². The summed E-state index contributed by atoms with van der Waals surface area (Å²) < 4.78 is 28.9. The van der Waals surface area contributed by atoms with E-state index in [4.69, 9.17) is 11.6 Å². The number of rotatable bonds is 6. The molecule has 4 rings (SSSR count). The van der Waals surface area contributed by atoms with Crippen molar-refractivity contribution in [3.05, 3.63) is 63.7 Å². The number of carbonyl (C=O) groups is 2. The second kappa shape index (κ2) is 13.1. The smallest absolute Gasteiger partial charge is 0.226 e. The first kappa shape index (κ1) is 33.2. The van der Waals surface area contributed by atoms with Crippen LogP contribution in [0.2, 0.25) is 5.02 Å². The molecule has 2 saturated heterocycles. The van der Waals surface area contributed by atoms with Crippen molar-refractivity contribution in [2.45, 2.75) is 85.4 Å². The van der Waals surface area contributed by atoms with E-state index in [-0.39, 0.29) is 41.3 Å². The van der Waals surface area contributed by atoms with Gasteiger partial charge in [-0.25, -0.2) is 8.78 Å². The normalized spacial score (nSPS) is 20.8. The average molecular weight is 617 g/mol. The highest BCUT2D eigenvalue weighted by Gasteiger charge is 2.41. The highest BCUT2D eigenvalue weighted by molar-refractivity contribution is 6.31. The zero-order valence-electron chi connectivity index (χ0n) is 26.9. The van der Waals surface area contributed by atoms with Crippen molar-refractivity contribution >= 4 is 29.1 Å². The van der Waals surface area contributed by atoms with Crippen molar-refractivity contribution in [1.82, 2.24) is 14.7 Å². The Bertz CT molecular complexity index is 1340. The third-order valence-electron chi connectivity index (χ3n) is 9.27. The van der Waals surface area contributed by atoms with E-state index in [1.165, 1.54) is 12.1 Å². The molecule has 2 fully saturated rings. The van der Waals surface area contributed by atoms with Gasteiger partial charge in [0.15, 0.2) is 0 Å². The molecule has 0 spiro atoms. The molecule has 0 bridgehead atoms. The second-order valence-electron chi connectivity index (χ2n) is 13.5. The summed E-state index contributed by atoms with van der Waals surface area (Å²) in [5, 5.41) is 0.665. The van der Waals surface area contributed by atoms with Crippen LogP contribution in [-0.4, -0.2) is 77.4 Å². The summed E-state index contributed by atoms with van der Waals surface area (Å²) in [5.41, 5.74) is 3.24. The molecule has 0 aliphatic carbocycles. The van der Waals surface area contributed by atoms with Crippen LogP contribution in [0, 0.1) is 24.5 Å². The lowest BCUT2D eigenvalue weighted by atomic mass is 9.78. The molecule has 2 aliphatic rings. The Kier molecular flexibility index (Phi) is 10.1. The Morgan fingerprint density at radius 3 is 2.21 bits per heavy atom. The average Bonchev–Trinajstić information content (AvgIpc) is 2.93. The quantitative estimate of drug-likeness (QED) is 0.358. The number of anilines is 1. The maximum Gasteiger partial charge on any atom is 0.226 e. The summed E-state index contributed by atoms with van der Waals surface area (Å²) in [7, 11) is 0. The number of halogens is 3. The maximum atomic E-state index is 15.1. The Balaban J connectivity index is 1.56. The van der Waals surface area contributed by atoms with Crippen molar-refractivity contribution in [3.8, 4) is 0 Å². The molecule has 2 heterocycles. The van der Waals surface area contributed by atoms with Gasteiger partial charge in [0, 0.05) is 79.8 Å². The molecule has 2 amide bonds. The fraction of sp³-hybridized carbons (Fsp3) is 0.588. The second-order valence-corrected chi connectivity index (χ2v) is 13.9. The molecule has 0 radical (unpaired) electrons. The number of piperazine rings is 1. The predicted molar refractivity (Wildman–Crippen MR) is 170 cm³/mol. The predicted octanol–water partition coefficient (Wildman–Crippen LogP) is 6.80. The van der Waals surface area contributed by atoms with Crippen molar-refractivity contribution in [1.29, 1.82) is 0 Å². The first-order valence-electron chi connectivity index (χ1n) is 15.4. The van der Waals surface area contributed by atoms with E-state index in [1.54, 1.807) is 6.92 Å². The van der Waals surface area contributed by atoms with E-state index >= 15 is 4.39 Å². The van der Waals surface area contributed by atoms with E-state index < -0.39 is 11.6 Å². The molecule has 236 valence electrons. The minimum Gasteiger partial charge on any atom is -0.368 e. The molecule has 2 aliphatic heterocycles. The van der Waals surface area contributed by atoms with Gasteiger partial charge >= 0.3 is 0 Å². The van der Waals surface area contributed by atoms with E-state index in [9.17, 15) is 14.0 Å². The van der Waals surface area contributed by atoms with Gasteiger partial charge in [0.2, 0.25) is 11.8 Å². The molecular formula is C34H47ClF2N4O2. The Morgan fingerprint density at radius 2 is 1.65 bits per heavy atom. The molecule has 0 aromatic heterocycles. The summed E-state index contributed by atoms with van der Waals surface area (Å²) in [6, 6.07) is 7.65. The first-order valence-corrected chi connectivity index (χ1v) is 15.8. The number of piperidine rings is 1. The van der Waals surface area contributed by atoms with Gasteiger partial charge in [-0.2, -0.15) is 0 Å². The summed E-state index contributed by atoms with van der Waals surface area (Å²) in [5.74, 6) is -1.92. The lowest BCUT2D eigenvalue weighted by Gasteiger charge is -2.46. The number of hydrogen-bond acceptors (Lipinski definition) is 4. The van der Waals surface area contributed by atoms with Gasteiger partial charge in [0.1, 0.15) is 11.6 Å². The lowest BCUT2D eigenvalue weighted by molar-refractivity contribution is -0.139. The third kappa shape index (κ3) is 7.17. The van der Waals surface area contributed by atoms with Crippen LogP contribution in [0.1, 0.15) is 83.5 Å². The number of likely N-dealkylation sites (tertiary alicyclic amines) is 1. The largest absolute Gasteiger partial charge is 0.368 e. The summed E-state index contributed by atoms with van der Waals surface area (Å²) in [6.45, 7) is 19.6. The maximum absolute atomic E-state index is 15.1. The number of hydrogen-bond donors (Lipinski definition) is 0. The zero-order chi connectivity index (χ0) is 31.8. The van der Waals surface area contributed by atoms with Crippen LogP contribution in [0.3, 0.4) is 0 Å². The molecule has 3 atom stereocenters. The number of nitrogens with zero attached hydrogens (tertiary/aromatic N) is 4. The monoisotopic (exact) mass is 616 g/mol.